The molecule has 19 heavy (non-hydrogen) atoms. The summed E-state index contributed by atoms with van der Waals surface area (Å²) >= 11 is 0. The molecule has 0 aliphatic rings. The first kappa shape index (κ1) is 11.6. The summed E-state index contributed by atoms with van der Waals surface area (Å²) in [6.45, 7) is 3.94. The monoisotopic (exact) mass is 255 g/mol. The normalized spacial score (nSPS) is 11.3. The predicted octanol–water partition coefficient (Wildman–Crippen LogP) is 1.76. The van der Waals surface area contributed by atoms with E-state index in [-0.39, 0.29) is 17.1 Å². The SMILES string of the molecule is CC(C)n1nnc2c(=O)[nH]c(-c3ccccc3)nc21. The third-order valence-electron chi connectivity index (χ3n) is 2.87. The fourth-order valence-electron chi connectivity index (χ4n) is 1.92. The van der Waals surface area contributed by atoms with Gasteiger partial charge < -0.3 is 4.98 Å². The van der Waals surface area contributed by atoms with Crippen LogP contribution in [0.15, 0.2) is 35.1 Å². The number of aromatic nitrogens is 5. The van der Waals surface area contributed by atoms with E-state index < -0.39 is 0 Å². The number of aromatic amines is 1. The zero-order valence-electron chi connectivity index (χ0n) is 10.7. The lowest BCUT2D eigenvalue weighted by Gasteiger charge is -2.05. The summed E-state index contributed by atoms with van der Waals surface area (Å²) in [4.78, 5) is 19.2. The van der Waals surface area contributed by atoms with Crippen LogP contribution in [0.1, 0.15) is 19.9 Å². The highest BCUT2D eigenvalue weighted by Crippen LogP contribution is 2.16. The average Bonchev–Trinajstić information content (AvgIpc) is 2.84. The van der Waals surface area contributed by atoms with Crippen molar-refractivity contribution in [3.63, 3.8) is 0 Å². The number of hydrogen-bond acceptors (Lipinski definition) is 4. The van der Waals surface area contributed by atoms with Crippen LogP contribution in [0.25, 0.3) is 22.6 Å². The van der Waals surface area contributed by atoms with Gasteiger partial charge in [0.1, 0.15) is 5.82 Å². The fraction of sp³-hybridized carbons (Fsp3) is 0.231. The van der Waals surface area contributed by atoms with Gasteiger partial charge in [0.25, 0.3) is 5.56 Å². The minimum atomic E-state index is -0.268. The maximum atomic E-state index is 12.0. The summed E-state index contributed by atoms with van der Waals surface area (Å²) in [5.74, 6) is 0.530. The molecule has 0 unspecified atom stereocenters. The Bertz CT molecular complexity index is 773. The second-order valence-corrected chi connectivity index (χ2v) is 4.58. The van der Waals surface area contributed by atoms with E-state index in [0.29, 0.717) is 11.5 Å². The van der Waals surface area contributed by atoms with Gasteiger partial charge in [-0.05, 0) is 13.8 Å². The molecule has 0 atom stereocenters. The second kappa shape index (κ2) is 4.31. The first-order valence-electron chi connectivity index (χ1n) is 6.07. The van der Waals surface area contributed by atoms with Gasteiger partial charge in [-0.2, -0.15) is 0 Å². The number of nitrogens with zero attached hydrogens (tertiary/aromatic N) is 4. The molecule has 1 N–H and O–H groups in total. The van der Waals surface area contributed by atoms with Gasteiger partial charge in [-0.25, -0.2) is 9.67 Å². The number of benzene rings is 1. The molecule has 2 heterocycles. The molecule has 6 nitrogen and oxygen atoms in total. The van der Waals surface area contributed by atoms with Crippen LogP contribution in [-0.2, 0) is 0 Å². The van der Waals surface area contributed by atoms with Crippen LogP contribution in [0, 0.1) is 0 Å². The lowest BCUT2D eigenvalue weighted by molar-refractivity contribution is 0.526. The summed E-state index contributed by atoms with van der Waals surface area (Å²) in [5.41, 5.74) is 1.37. The first-order chi connectivity index (χ1) is 9.16. The minimum Gasteiger partial charge on any atom is -0.304 e. The topological polar surface area (TPSA) is 76.5 Å². The third-order valence-corrected chi connectivity index (χ3v) is 2.87. The van der Waals surface area contributed by atoms with E-state index >= 15 is 0 Å². The molecule has 6 heteroatoms. The molecule has 0 fully saturated rings. The van der Waals surface area contributed by atoms with Gasteiger partial charge >= 0.3 is 0 Å². The van der Waals surface area contributed by atoms with Crippen molar-refractivity contribution in [1.29, 1.82) is 0 Å². The highest BCUT2D eigenvalue weighted by atomic mass is 16.1. The maximum absolute atomic E-state index is 12.0. The van der Waals surface area contributed by atoms with E-state index in [2.05, 4.69) is 20.3 Å². The number of nitrogens with one attached hydrogen (secondary N) is 1. The van der Waals surface area contributed by atoms with Crippen LogP contribution < -0.4 is 5.56 Å². The van der Waals surface area contributed by atoms with Gasteiger partial charge in [-0.3, -0.25) is 4.79 Å². The fourth-order valence-corrected chi connectivity index (χ4v) is 1.92. The molecule has 3 aromatic rings. The molecule has 0 saturated carbocycles. The zero-order chi connectivity index (χ0) is 13.4. The molecular weight excluding hydrogens is 242 g/mol. The standard InChI is InChI=1S/C13H13N5O/c1-8(2)18-12-10(16-17-18)13(19)15-11(14-12)9-6-4-3-5-7-9/h3-8H,1-2H3,(H,14,15,19). The summed E-state index contributed by atoms with van der Waals surface area (Å²) < 4.78 is 1.65. The summed E-state index contributed by atoms with van der Waals surface area (Å²) in [5, 5.41) is 7.86. The van der Waals surface area contributed by atoms with Crippen LogP contribution >= 0.6 is 0 Å². The molecule has 3 rings (SSSR count). The summed E-state index contributed by atoms with van der Waals surface area (Å²) in [6, 6.07) is 9.61. The highest BCUT2D eigenvalue weighted by molar-refractivity contribution is 5.71. The van der Waals surface area contributed by atoms with Gasteiger partial charge in [-0.15, -0.1) is 5.10 Å². The van der Waals surface area contributed by atoms with Crippen LogP contribution in [0.5, 0.6) is 0 Å². The largest absolute Gasteiger partial charge is 0.304 e. The predicted molar refractivity (Wildman–Crippen MR) is 71.8 cm³/mol. The Morgan fingerprint density at radius 1 is 1.21 bits per heavy atom. The number of hydrogen-bond donors (Lipinski definition) is 1. The molecular formula is C13H13N5O. The third kappa shape index (κ3) is 1.91. The molecule has 0 amide bonds. The second-order valence-electron chi connectivity index (χ2n) is 4.58. The molecule has 0 bridgehead atoms. The molecule has 0 radical (unpaired) electrons. The van der Waals surface area contributed by atoms with Crippen molar-refractivity contribution in [2.45, 2.75) is 19.9 Å². The summed E-state index contributed by atoms with van der Waals surface area (Å²) in [7, 11) is 0. The Morgan fingerprint density at radius 3 is 2.63 bits per heavy atom. The van der Waals surface area contributed by atoms with Gasteiger partial charge in [0.15, 0.2) is 11.2 Å². The van der Waals surface area contributed by atoms with Gasteiger partial charge in [-0.1, -0.05) is 35.5 Å². The van der Waals surface area contributed by atoms with Crippen molar-refractivity contribution < 1.29 is 0 Å². The lowest BCUT2D eigenvalue weighted by atomic mass is 10.2. The molecule has 2 aromatic heterocycles. The number of fused-ring (bicyclic) bond motifs is 1. The molecule has 0 aliphatic heterocycles. The van der Waals surface area contributed by atoms with Crippen molar-refractivity contribution in [2.75, 3.05) is 0 Å². The van der Waals surface area contributed by atoms with Gasteiger partial charge in [0, 0.05) is 5.56 Å². The molecule has 96 valence electrons. The molecule has 0 saturated heterocycles. The van der Waals surface area contributed by atoms with Crippen molar-refractivity contribution in [1.82, 2.24) is 25.0 Å². The van der Waals surface area contributed by atoms with Crippen LogP contribution in [0.4, 0.5) is 0 Å². The quantitative estimate of drug-likeness (QED) is 0.757. The zero-order valence-corrected chi connectivity index (χ0v) is 10.7. The molecule has 0 aliphatic carbocycles. The Morgan fingerprint density at radius 2 is 1.95 bits per heavy atom. The van der Waals surface area contributed by atoms with E-state index in [1.807, 2.05) is 44.2 Å². The van der Waals surface area contributed by atoms with Crippen LogP contribution in [-0.4, -0.2) is 25.0 Å². The Labute approximate surface area is 109 Å². The Balaban J connectivity index is 2.29. The first-order valence-corrected chi connectivity index (χ1v) is 6.07. The van der Waals surface area contributed by atoms with E-state index in [1.165, 1.54) is 0 Å². The molecule has 1 aromatic carbocycles. The summed E-state index contributed by atoms with van der Waals surface area (Å²) in [6.07, 6.45) is 0. The number of H-pyrrole nitrogens is 1. The lowest BCUT2D eigenvalue weighted by Crippen LogP contribution is -2.11. The molecule has 0 spiro atoms. The van der Waals surface area contributed by atoms with Crippen molar-refractivity contribution in [3.8, 4) is 11.4 Å². The Hall–Kier alpha value is -2.50. The van der Waals surface area contributed by atoms with Gasteiger partial charge in [0.2, 0.25) is 0 Å². The van der Waals surface area contributed by atoms with E-state index in [1.54, 1.807) is 4.68 Å². The number of rotatable bonds is 2. The highest BCUT2D eigenvalue weighted by Gasteiger charge is 2.14. The van der Waals surface area contributed by atoms with Crippen LogP contribution in [0.2, 0.25) is 0 Å². The van der Waals surface area contributed by atoms with E-state index in [0.717, 1.165) is 5.56 Å². The van der Waals surface area contributed by atoms with Crippen molar-refractivity contribution in [2.24, 2.45) is 0 Å². The Kier molecular flexibility index (Phi) is 2.63. The van der Waals surface area contributed by atoms with E-state index in [9.17, 15) is 4.79 Å². The average molecular weight is 255 g/mol. The van der Waals surface area contributed by atoms with Crippen LogP contribution in [0.3, 0.4) is 0 Å². The smallest absolute Gasteiger partial charge is 0.281 e. The van der Waals surface area contributed by atoms with Crippen molar-refractivity contribution in [3.05, 3.63) is 40.7 Å². The maximum Gasteiger partial charge on any atom is 0.281 e. The minimum absolute atomic E-state index is 0.0999. The van der Waals surface area contributed by atoms with E-state index in [4.69, 9.17) is 0 Å². The van der Waals surface area contributed by atoms with Gasteiger partial charge in [0.05, 0.1) is 6.04 Å². The van der Waals surface area contributed by atoms with Crippen molar-refractivity contribution >= 4 is 11.2 Å².